The predicted molar refractivity (Wildman–Crippen MR) is 163 cm³/mol. The molecule has 0 unspecified atom stereocenters. The third kappa shape index (κ3) is 4.69. The summed E-state index contributed by atoms with van der Waals surface area (Å²) in [4.78, 5) is 10.1. The lowest BCUT2D eigenvalue weighted by atomic mass is 9.90. The van der Waals surface area contributed by atoms with Crippen LogP contribution in [0.15, 0.2) is 53.9 Å². The van der Waals surface area contributed by atoms with Gasteiger partial charge in [0, 0.05) is 22.3 Å². The number of fused-ring (bicyclic) bond motifs is 2. The summed E-state index contributed by atoms with van der Waals surface area (Å²) in [5.41, 5.74) is -4.22. The predicted octanol–water partition coefficient (Wildman–Crippen LogP) is 8.89. The first-order chi connectivity index (χ1) is 22.4. The van der Waals surface area contributed by atoms with E-state index in [1.165, 1.54) is 12.1 Å². The number of hydrogen-bond donors (Lipinski definition) is 0. The molecule has 0 fully saturated rings. The number of benzene rings is 3. The maximum atomic E-state index is 17.1. The third-order valence-electron chi connectivity index (χ3n) is 7.66. The van der Waals surface area contributed by atoms with Gasteiger partial charge in [-0.15, -0.1) is 0 Å². The van der Waals surface area contributed by atoms with Crippen molar-refractivity contribution in [3.63, 3.8) is 0 Å². The van der Waals surface area contributed by atoms with Crippen molar-refractivity contribution in [3.8, 4) is 24.3 Å². The highest BCUT2D eigenvalue weighted by Gasteiger charge is 2.41. The average Bonchev–Trinajstić information content (AvgIpc) is 3.54. The van der Waals surface area contributed by atoms with Crippen LogP contribution in [-0.4, -0.2) is 0 Å². The first-order valence-electron chi connectivity index (χ1n) is 13.3. The second-order valence-electron chi connectivity index (χ2n) is 10.4. The van der Waals surface area contributed by atoms with Gasteiger partial charge < -0.3 is 0 Å². The van der Waals surface area contributed by atoms with E-state index in [4.69, 9.17) is 19.7 Å². The Balaban J connectivity index is 1.98. The Hall–Kier alpha value is -7.23. The van der Waals surface area contributed by atoms with Crippen LogP contribution in [0, 0.1) is 84.7 Å². The molecule has 0 heterocycles. The summed E-state index contributed by atoms with van der Waals surface area (Å²) in [5.74, 6) is -1.17. The van der Waals surface area contributed by atoms with E-state index in [0.29, 0.717) is 11.6 Å². The minimum Gasteiger partial charge on any atom is -0.237 e. The molecular weight excluding hydrogens is 606 g/mol. The van der Waals surface area contributed by atoms with Gasteiger partial charge in [-0.1, -0.05) is 35.4 Å². The van der Waals surface area contributed by atoms with Crippen LogP contribution in [0.5, 0.6) is 0 Å². The zero-order chi connectivity index (χ0) is 34.4. The summed E-state index contributed by atoms with van der Waals surface area (Å²) < 4.78 is 59.0. The number of allylic oxidation sites excluding steroid dienone is 7. The van der Waals surface area contributed by atoms with Crippen LogP contribution in [-0.2, 0) is 6.18 Å². The Bertz CT molecular complexity index is 2390. The van der Waals surface area contributed by atoms with Gasteiger partial charge >= 0.3 is 6.18 Å². The van der Waals surface area contributed by atoms with Crippen molar-refractivity contribution in [2.24, 2.45) is 0 Å². The van der Waals surface area contributed by atoms with Crippen LogP contribution in [0.25, 0.3) is 48.1 Å². The molecule has 0 radical (unpaired) electrons. The van der Waals surface area contributed by atoms with Gasteiger partial charge in [-0.3, -0.25) is 0 Å². The van der Waals surface area contributed by atoms with E-state index in [1.807, 2.05) is 12.1 Å². The lowest BCUT2D eigenvalue weighted by Crippen LogP contribution is -2.08. The van der Waals surface area contributed by atoms with E-state index in [9.17, 15) is 34.2 Å². The molecule has 47 heavy (non-hydrogen) atoms. The van der Waals surface area contributed by atoms with E-state index < -0.39 is 51.2 Å². The van der Waals surface area contributed by atoms with Gasteiger partial charge in [0.05, 0.1) is 54.6 Å². The van der Waals surface area contributed by atoms with Crippen molar-refractivity contribution in [2.75, 3.05) is 0 Å². The first-order valence-corrected chi connectivity index (χ1v) is 13.3. The molecule has 2 aliphatic carbocycles. The highest BCUT2D eigenvalue weighted by atomic mass is 19.4. The minimum absolute atomic E-state index is 0.0742. The number of nitriles is 4. The smallest absolute Gasteiger partial charge is 0.237 e. The normalized spacial score (nSPS) is 15.2. The fourth-order valence-corrected chi connectivity index (χ4v) is 5.99. The van der Waals surface area contributed by atoms with Crippen LogP contribution in [0.1, 0.15) is 55.6 Å². The van der Waals surface area contributed by atoms with Crippen molar-refractivity contribution in [2.45, 2.75) is 20.0 Å². The first kappa shape index (κ1) is 31.2. The zero-order valence-electron chi connectivity index (χ0n) is 24.2. The van der Waals surface area contributed by atoms with E-state index in [1.54, 1.807) is 38.1 Å². The molecule has 3 aromatic rings. The van der Waals surface area contributed by atoms with Gasteiger partial charge in [0.25, 0.3) is 11.4 Å². The molecular formula is C36H13F4N7. The molecule has 0 saturated carbocycles. The SMILES string of the molecule is [C-]#[N+]C1=C(c2cc(C)cc(C)c2)/C(=C(/C#N)[N+]#[C-])c2cc3c(c(F)c21)/C(=C(/C#N)[N+]#[C-])C(c1ccc(C#N)c(C(F)(F)F)c1)=C3C#N. The number of nitrogens with zero attached hydrogens (tertiary/aromatic N) is 7. The minimum atomic E-state index is -5.00. The van der Waals surface area contributed by atoms with Crippen molar-refractivity contribution in [1.29, 1.82) is 21.0 Å². The lowest BCUT2D eigenvalue weighted by molar-refractivity contribution is -0.137. The van der Waals surface area contributed by atoms with E-state index in [0.717, 1.165) is 23.3 Å². The Morgan fingerprint density at radius 1 is 0.723 bits per heavy atom. The van der Waals surface area contributed by atoms with Crippen LogP contribution in [0.4, 0.5) is 17.6 Å². The molecule has 220 valence electrons. The summed E-state index contributed by atoms with van der Waals surface area (Å²) >= 11 is 0. The van der Waals surface area contributed by atoms with Crippen molar-refractivity contribution >= 4 is 33.6 Å². The molecule has 0 atom stereocenters. The van der Waals surface area contributed by atoms with Crippen LogP contribution >= 0.6 is 0 Å². The molecule has 2 aliphatic rings. The molecule has 0 bridgehead atoms. The number of aryl methyl sites for hydroxylation is 2. The van der Waals surface area contributed by atoms with E-state index >= 15 is 4.39 Å². The third-order valence-corrected chi connectivity index (χ3v) is 7.66. The van der Waals surface area contributed by atoms with E-state index in [-0.39, 0.29) is 44.7 Å². The monoisotopic (exact) mass is 619 g/mol. The summed E-state index contributed by atoms with van der Waals surface area (Å²) in [6.07, 6.45) is -5.00. The molecule has 0 amide bonds. The summed E-state index contributed by atoms with van der Waals surface area (Å²) in [5, 5.41) is 39.5. The van der Waals surface area contributed by atoms with Gasteiger partial charge in [0.2, 0.25) is 5.70 Å². The highest BCUT2D eigenvalue weighted by molar-refractivity contribution is 6.29. The Kier molecular flexibility index (Phi) is 7.54. The average molecular weight is 620 g/mol. The Labute approximate surface area is 265 Å². The lowest BCUT2D eigenvalue weighted by Gasteiger charge is -2.15. The summed E-state index contributed by atoms with van der Waals surface area (Å²) in [7, 11) is 0. The molecule has 7 nitrogen and oxygen atoms in total. The molecule has 0 saturated heterocycles. The number of rotatable bonds is 2. The fraction of sp³-hybridized carbons (Fsp3) is 0.0833. The maximum Gasteiger partial charge on any atom is 0.417 e. The molecule has 0 spiro atoms. The molecule has 3 aromatic carbocycles. The zero-order valence-corrected chi connectivity index (χ0v) is 24.2. The standard InChI is InChI=1S/C36H13F4N7/c1-17-8-18(2)10-21(9-17)29-30(26(15-43)45-3)23-12-22-24(14-42)28(19-6-7-20(13-41)25(11-19)36(38,39)40)33(27(16-44)46-4)31(22)34(37)32(23)35(29)47-5/h6-12H,1-2H3/b30-26-,33-27-. The summed E-state index contributed by atoms with van der Waals surface area (Å²) in [6, 6.07) is 15.8. The number of halogens is 4. The van der Waals surface area contributed by atoms with Gasteiger partial charge in [-0.2, -0.15) is 23.7 Å². The van der Waals surface area contributed by atoms with Crippen molar-refractivity contribution in [3.05, 3.63) is 150 Å². The summed E-state index contributed by atoms with van der Waals surface area (Å²) in [6.45, 7) is 26.9. The van der Waals surface area contributed by atoms with Crippen LogP contribution < -0.4 is 0 Å². The van der Waals surface area contributed by atoms with Crippen LogP contribution in [0.2, 0.25) is 0 Å². The van der Waals surface area contributed by atoms with Gasteiger partial charge in [-0.05, 0) is 65.5 Å². The second-order valence-corrected chi connectivity index (χ2v) is 10.4. The van der Waals surface area contributed by atoms with Crippen molar-refractivity contribution in [1.82, 2.24) is 0 Å². The molecule has 11 heteroatoms. The van der Waals surface area contributed by atoms with Crippen LogP contribution in [0.3, 0.4) is 0 Å². The number of hydrogen-bond acceptors (Lipinski definition) is 4. The fourth-order valence-electron chi connectivity index (χ4n) is 5.99. The second kappa shape index (κ2) is 11.4. The van der Waals surface area contributed by atoms with Crippen molar-refractivity contribution < 1.29 is 17.6 Å². The van der Waals surface area contributed by atoms with E-state index in [2.05, 4.69) is 14.5 Å². The van der Waals surface area contributed by atoms with Gasteiger partial charge in [-0.25, -0.2) is 29.4 Å². The van der Waals surface area contributed by atoms with Gasteiger partial charge in [0.15, 0.2) is 0 Å². The Morgan fingerprint density at radius 3 is 1.85 bits per heavy atom. The molecule has 0 aliphatic heterocycles. The molecule has 0 N–H and O–H groups in total. The highest BCUT2D eigenvalue weighted by Crippen LogP contribution is 2.56. The Morgan fingerprint density at radius 2 is 1.34 bits per heavy atom. The quantitative estimate of drug-likeness (QED) is 0.162. The maximum absolute atomic E-state index is 17.1. The molecule has 5 rings (SSSR count). The largest absolute Gasteiger partial charge is 0.417 e. The van der Waals surface area contributed by atoms with Gasteiger partial charge in [0.1, 0.15) is 11.9 Å². The number of alkyl halides is 3. The topological polar surface area (TPSA) is 108 Å². The molecule has 0 aromatic heterocycles.